The zero-order chi connectivity index (χ0) is 15.4. The van der Waals surface area contributed by atoms with Crippen LogP contribution < -0.4 is 9.64 Å². The minimum atomic E-state index is -0.176. The Labute approximate surface area is 133 Å². The molecule has 22 heavy (non-hydrogen) atoms. The maximum atomic E-state index is 13.7. The third-order valence-electron chi connectivity index (χ3n) is 4.77. The Morgan fingerprint density at radius 2 is 1.86 bits per heavy atom. The van der Waals surface area contributed by atoms with E-state index < -0.39 is 0 Å². The average Bonchev–Trinajstić information content (AvgIpc) is 3.03. The van der Waals surface area contributed by atoms with Crippen molar-refractivity contribution in [1.82, 2.24) is 4.90 Å². The smallest absolute Gasteiger partial charge is 0.143 e. The van der Waals surface area contributed by atoms with Crippen molar-refractivity contribution in [2.24, 2.45) is 0 Å². The first-order valence-electron chi connectivity index (χ1n) is 8.70. The van der Waals surface area contributed by atoms with Crippen molar-refractivity contribution in [2.75, 3.05) is 37.6 Å². The van der Waals surface area contributed by atoms with Gasteiger partial charge in [-0.3, -0.25) is 4.90 Å². The lowest BCUT2D eigenvalue weighted by Gasteiger charge is -2.36. The van der Waals surface area contributed by atoms with Gasteiger partial charge in [-0.05, 0) is 50.8 Å². The SMILES string of the molecule is CCCN1CCN(c2cc(F)ccc2OC2CCCC2)CC1. The molecule has 2 fully saturated rings. The molecule has 3 nitrogen and oxygen atoms in total. The molecule has 1 aromatic rings. The van der Waals surface area contributed by atoms with Crippen molar-refractivity contribution >= 4 is 5.69 Å². The van der Waals surface area contributed by atoms with Gasteiger partial charge in [-0.1, -0.05) is 6.92 Å². The van der Waals surface area contributed by atoms with Crippen molar-refractivity contribution in [3.8, 4) is 5.75 Å². The Hall–Kier alpha value is -1.29. The topological polar surface area (TPSA) is 15.7 Å². The third kappa shape index (κ3) is 3.72. The molecule has 0 spiro atoms. The number of hydrogen-bond acceptors (Lipinski definition) is 3. The summed E-state index contributed by atoms with van der Waals surface area (Å²) in [5, 5.41) is 0. The van der Waals surface area contributed by atoms with Gasteiger partial charge in [0, 0.05) is 32.2 Å². The molecule has 122 valence electrons. The molecular weight excluding hydrogens is 279 g/mol. The quantitative estimate of drug-likeness (QED) is 0.825. The van der Waals surface area contributed by atoms with E-state index in [0.29, 0.717) is 6.10 Å². The second-order valence-electron chi connectivity index (χ2n) is 6.47. The number of halogens is 1. The number of benzene rings is 1. The highest BCUT2D eigenvalue weighted by Crippen LogP contribution is 2.33. The molecule has 0 bridgehead atoms. The Balaban J connectivity index is 1.70. The van der Waals surface area contributed by atoms with Crippen LogP contribution in [-0.4, -0.2) is 43.7 Å². The second-order valence-corrected chi connectivity index (χ2v) is 6.47. The van der Waals surface area contributed by atoms with E-state index in [2.05, 4.69) is 16.7 Å². The molecule has 1 aromatic carbocycles. The molecule has 0 aromatic heterocycles. The van der Waals surface area contributed by atoms with Gasteiger partial charge in [-0.25, -0.2) is 4.39 Å². The summed E-state index contributed by atoms with van der Waals surface area (Å²) in [4.78, 5) is 4.76. The van der Waals surface area contributed by atoms with Crippen molar-refractivity contribution in [3.63, 3.8) is 0 Å². The van der Waals surface area contributed by atoms with Crippen LogP contribution >= 0.6 is 0 Å². The first-order chi connectivity index (χ1) is 10.8. The fourth-order valence-electron chi connectivity index (χ4n) is 3.55. The third-order valence-corrected chi connectivity index (χ3v) is 4.77. The first-order valence-corrected chi connectivity index (χ1v) is 8.70. The second kappa shape index (κ2) is 7.32. The zero-order valence-electron chi connectivity index (χ0n) is 13.6. The van der Waals surface area contributed by atoms with Gasteiger partial charge >= 0.3 is 0 Å². The predicted molar refractivity (Wildman–Crippen MR) is 88.2 cm³/mol. The Bertz CT molecular complexity index is 480. The summed E-state index contributed by atoms with van der Waals surface area (Å²) in [6.45, 7) is 7.37. The Morgan fingerprint density at radius 1 is 1.14 bits per heavy atom. The normalized spacial score (nSPS) is 20.5. The van der Waals surface area contributed by atoms with Gasteiger partial charge in [0.15, 0.2) is 0 Å². The Kier molecular flexibility index (Phi) is 5.19. The van der Waals surface area contributed by atoms with E-state index in [9.17, 15) is 4.39 Å². The molecule has 0 radical (unpaired) electrons. The van der Waals surface area contributed by atoms with Gasteiger partial charge in [0.25, 0.3) is 0 Å². The largest absolute Gasteiger partial charge is 0.488 e. The molecule has 1 heterocycles. The average molecular weight is 306 g/mol. The molecule has 0 N–H and O–H groups in total. The van der Waals surface area contributed by atoms with E-state index >= 15 is 0 Å². The molecule has 2 aliphatic rings. The maximum absolute atomic E-state index is 13.7. The number of rotatable bonds is 5. The molecule has 1 saturated heterocycles. The maximum Gasteiger partial charge on any atom is 0.143 e. The molecular formula is C18H27FN2O. The van der Waals surface area contributed by atoms with Gasteiger partial charge in [-0.15, -0.1) is 0 Å². The fraction of sp³-hybridized carbons (Fsp3) is 0.667. The highest BCUT2D eigenvalue weighted by Gasteiger charge is 2.23. The molecule has 1 aliphatic heterocycles. The highest BCUT2D eigenvalue weighted by molar-refractivity contribution is 5.59. The van der Waals surface area contributed by atoms with Crippen LogP contribution in [0.1, 0.15) is 39.0 Å². The Morgan fingerprint density at radius 3 is 2.55 bits per heavy atom. The number of ether oxygens (including phenoxy) is 1. The summed E-state index contributed by atoms with van der Waals surface area (Å²) < 4.78 is 19.9. The van der Waals surface area contributed by atoms with Gasteiger partial charge in [-0.2, -0.15) is 0 Å². The molecule has 3 rings (SSSR count). The van der Waals surface area contributed by atoms with Gasteiger partial charge in [0.2, 0.25) is 0 Å². The van der Waals surface area contributed by atoms with E-state index in [1.807, 2.05) is 0 Å². The number of piperazine rings is 1. The van der Waals surface area contributed by atoms with Gasteiger partial charge in [0.1, 0.15) is 11.6 Å². The van der Waals surface area contributed by atoms with E-state index in [0.717, 1.165) is 57.0 Å². The summed E-state index contributed by atoms with van der Waals surface area (Å²) in [7, 11) is 0. The van der Waals surface area contributed by atoms with Crippen LogP contribution in [0.15, 0.2) is 18.2 Å². The summed E-state index contributed by atoms with van der Waals surface area (Å²) in [6.07, 6.45) is 6.25. The predicted octanol–water partition coefficient (Wildman–Crippen LogP) is 3.68. The number of anilines is 1. The van der Waals surface area contributed by atoms with Crippen LogP contribution in [-0.2, 0) is 0 Å². The minimum absolute atomic E-state index is 0.176. The van der Waals surface area contributed by atoms with Crippen molar-refractivity contribution < 1.29 is 9.13 Å². The van der Waals surface area contributed by atoms with Crippen molar-refractivity contribution in [3.05, 3.63) is 24.0 Å². The number of hydrogen-bond donors (Lipinski definition) is 0. The molecule has 0 atom stereocenters. The van der Waals surface area contributed by atoms with E-state index in [1.54, 1.807) is 12.1 Å². The lowest BCUT2D eigenvalue weighted by molar-refractivity contribution is 0.208. The van der Waals surface area contributed by atoms with Gasteiger partial charge in [0.05, 0.1) is 11.8 Å². The highest BCUT2D eigenvalue weighted by atomic mass is 19.1. The van der Waals surface area contributed by atoms with Crippen LogP contribution in [0.25, 0.3) is 0 Å². The summed E-state index contributed by atoms with van der Waals surface area (Å²) in [5.74, 6) is 0.682. The van der Waals surface area contributed by atoms with Crippen LogP contribution in [0.2, 0.25) is 0 Å². The van der Waals surface area contributed by atoms with Gasteiger partial charge < -0.3 is 9.64 Å². The first kappa shape index (κ1) is 15.6. The van der Waals surface area contributed by atoms with Crippen molar-refractivity contribution in [2.45, 2.75) is 45.1 Å². The lowest BCUT2D eigenvalue weighted by Crippen LogP contribution is -2.46. The summed E-state index contributed by atoms with van der Waals surface area (Å²) in [6, 6.07) is 4.96. The molecule has 0 amide bonds. The van der Waals surface area contributed by atoms with E-state index in [-0.39, 0.29) is 5.82 Å². The molecule has 4 heteroatoms. The molecule has 1 saturated carbocycles. The van der Waals surface area contributed by atoms with E-state index in [1.165, 1.54) is 25.3 Å². The van der Waals surface area contributed by atoms with Crippen LogP contribution in [0.5, 0.6) is 5.75 Å². The minimum Gasteiger partial charge on any atom is -0.488 e. The molecule has 1 aliphatic carbocycles. The van der Waals surface area contributed by atoms with Crippen LogP contribution in [0, 0.1) is 5.82 Å². The van der Waals surface area contributed by atoms with E-state index in [4.69, 9.17) is 4.74 Å². The van der Waals surface area contributed by atoms with Crippen molar-refractivity contribution in [1.29, 1.82) is 0 Å². The zero-order valence-corrected chi connectivity index (χ0v) is 13.6. The van der Waals surface area contributed by atoms with Crippen LogP contribution in [0.3, 0.4) is 0 Å². The summed E-state index contributed by atoms with van der Waals surface area (Å²) in [5.41, 5.74) is 0.933. The fourth-order valence-corrected chi connectivity index (χ4v) is 3.55. The molecule has 0 unspecified atom stereocenters. The van der Waals surface area contributed by atoms with Crippen LogP contribution in [0.4, 0.5) is 10.1 Å². The monoisotopic (exact) mass is 306 g/mol. The number of nitrogens with zero attached hydrogens (tertiary/aromatic N) is 2. The standard InChI is InChI=1S/C18H27FN2O/c1-2-9-20-10-12-21(13-11-20)17-14-15(19)7-8-18(17)22-16-5-3-4-6-16/h7-8,14,16H,2-6,9-13H2,1H3. The summed E-state index contributed by atoms with van der Waals surface area (Å²) >= 11 is 0. The lowest BCUT2D eigenvalue weighted by atomic mass is 10.2.